The number of alkyl halides is 4. The minimum absolute atomic E-state index is 0.0114. The van der Waals surface area contributed by atoms with E-state index < -0.39 is 12.1 Å². The molecule has 1 amide bonds. The first-order chi connectivity index (χ1) is 6.45. The molecule has 6 heteroatoms. The zero-order valence-corrected chi connectivity index (χ0v) is 8.24. The lowest BCUT2D eigenvalue weighted by Crippen LogP contribution is -2.31. The van der Waals surface area contributed by atoms with E-state index in [1.807, 2.05) is 0 Å². The summed E-state index contributed by atoms with van der Waals surface area (Å²) in [4.78, 5) is 12.4. The number of hydrogen-bond acceptors (Lipinski definition) is 1. The van der Waals surface area contributed by atoms with Crippen LogP contribution in [0.15, 0.2) is 0 Å². The molecule has 0 aromatic rings. The van der Waals surface area contributed by atoms with Crippen LogP contribution in [-0.4, -0.2) is 36.0 Å². The van der Waals surface area contributed by atoms with Crippen molar-refractivity contribution < 1.29 is 18.0 Å². The van der Waals surface area contributed by atoms with Gasteiger partial charge in [-0.1, -0.05) is 0 Å². The quantitative estimate of drug-likeness (QED) is 0.664. The zero-order valence-electron chi connectivity index (χ0n) is 7.48. The molecule has 0 unspecified atom stereocenters. The maximum atomic E-state index is 12.2. The van der Waals surface area contributed by atoms with Crippen LogP contribution in [0, 0.1) is 5.92 Å². The Balaban J connectivity index is 2.45. The second-order valence-electron chi connectivity index (χ2n) is 3.31. The third-order valence-electron chi connectivity index (χ3n) is 2.31. The number of nitrogens with zero attached hydrogens (tertiary/aromatic N) is 1. The second kappa shape index (κ2) is 4.38. The molecule has 82 valence electrons. The first-order valence-electron chi connectivity index (χ1n) is 4.35. The third kappa shape index (κ3) is 2.77. The molecule has 0 spiro atoms. The van der Waals surface area contributed by atoms with E-state index >= 15 is 0 Å². The van der Waals surface area contributed by atoms with Crippen molar-refractivity contribution in [1.82, 2.24) is 4.90 Å². The van der Waals surface area contributed by atoms with Crippen molar-refractivity contribution in [2.75, 3.05) is 19.0 Å². The maximum Gasteiger partial charge on any atom is 0.393 e. The highest BCUT2D eigenvalue weighted by Gasteiger charge is 2.44. The molecule has 1 rings (SSSR count). The Morgan fingerprint density at radius 1 is 1.50 bits per heavy atom. The van der Waals surface area contributed by atoms with Gasteiger partial charge in [-0.3, -0.25) is 4.79 Å². The van der Waals surface area contributed by atoms with Crippen molar-refractivity contribution in [2.45, 2.75) is 19.0 Å². The number of carbonyl (C=O) groups is 1. The molecule has 1 aliphatic rings. The maximum absolute atomic E-state index is 12.2. The molecule has 0 aromatic heterocycles. The summed E-state index contributed by atoms with van der Waals surface area (Å²) < 4.78 is 36.7. The summed E-state index contributed by atoms with van der Waals surface area (Å²) in [5.74, 6) is -1.49. The van der Waals surface area contributed by atoms with Gasteiger partial charge in [-0.25, -0.2) is 0 Å². The topological polar surface area (TPSA) is 20.3 Å². The van der Waals surface area contributed by atoms with Crippen molar-refractivity contribution in [1.29, 1.82) is 0 Å². The van der Waals surface area contributed by atoms with E-state index in [1.54, 1.807) is 0 Å². The van der Waals surface area contributed by atoms with Crippen molar-refractivity contribution in [3.63, 3.8) is 0 Å². The first kappa shape index (κ1) is 11.6. The number of carbonyl (C=O) groups excluding carboxylic acids is 1. The fourth-order valence-electron chi connectivity index (χ4n) is 1.49. The molecule has 0 radical (unpaired) electrons. The van der Waals surface area contributed by atoms with Crippen LogP contribution in [0.3, 0.4) is 0 Å². The summed E-state index contributed by atoms with van der Waals surface area (Å²) >= 11 is 5.33. The number of likely N-dealkylation sites (tertiary alicyclic amines) is 1. The largest absolute Gasteiger partial charge is 0.393 e. The number of hydrogen-bond donors (Lipinski definition) is 0. The molecule has 0 saturated carbocycles. The predicted octanol–water partition coefficient (Wildman–Crippen LogP) is 2.03. The van der Waals surface area contributed by atoms with E-state index in [1.165, 1.54) is 4.90 Å². The molecule has 0 aliphatic carbocycles. The van der Waals surface area contributed by atoms with Crippen molar-refractivity contribution >= 4 is 17.5 Å². The highest BCUT2D eigenvalue weighted by atomic mass is 35.5. The Hall–Kier alpha value is -0.450. The van der Waals surface area contributed by atoms with Gasteiger partial charge >= 0.3 is 6.18 Å². The van der Waals surface area contributed by atoms with Crippen LogP contribution in [0.5, 0.6) is 0 Å². The number of rotatable bonds is 2. The van der Waals surface area contributed by atoms with Gasteiger partial charge in [0.2, 0.25) is 5.91 Å². The Labute approximate surface area is 85.0 Å². The van der Waals surface area contributed by atoms with E-state index in [0.29, 0.717) is 0 Å². The van der Waals surface area contributed by atoms with E-state index in [9.17, 15) is 18.0 Å². The van der Waals surface area contributed by atoms with Gasteiger partial charge in [0, 0.05) is 25.4 Å². The minimum Gasteiger partial charge on any atom is -0.342 e. The van der Waals surface area contributed by atoms with Gasteiger partial charge < -0.3 is 4.90 Å². The Bertz CT molecular complexity index is 219. The average Bonchev–Trinajstić information content (AvgIpc) is 2.51. The first-order valence-corrected chi connectivity index (χ1v) is 4.89. The molecule has 1 saturated heterocycles. The summed E-state index contributed by atoms with van der Waals surface area (Å²) in [6.07, 6.45) is -4.06. The fraction of sp³-hybridized carbons (Fsp3) is 0.875. The number of halogens is 4. The smallest absolute Gasteiger partial charge is 0.342 e. The van der Waals surface area contributed by atoms with Gasteiger partial charge in [0.25, 0.3) is 0 Å². The zero-order chi connectivity index (χ0) is 10.8. The lowest BCUT2D eigenvalue weighted by Gasteiger charge is -2.17. The predicted molar refractivity (Wildman–Crippen MR) is 46.1 cm³/mol. The summed E-state index contributed by atoms with van der Waals surface area (Å²) in [7, 11) is 0. The third-order valence-corrected chi connectivity index (χ3v) is 2.50. The van der Waals surface area contributed by atoms with Crippen molar-refractivity contribution in [3.8, 4) is 0 Å². The summed E-state index contributed by atoms with van der Waals surface area (Å²) in [5, 5.41) is 0. The van der Waals surface area contributed by atoms with Crippen molar-refractivity contribution in [2.24, 2.45) is 5.92 Å². The van der Waals surface area contributed by atoms with Crippen LogP contribution >= 0.6 is 11.6 Å². The van der Waals surface area contributed by atoms with E-state index in [2.05, 4.69) is 0 Å². The van der Waals surface area contributed by atoms with Crippen LogP contribution < -0.4 is 0 Å². The van der Waals surface area contributed by atoms with Crippen LogP contribution in [0.4, 0.5) is 13.2 Å². The Morgan fingerprint density at radius 3 is 2.57 bits per heavy atom. The van der Waals surface area contributed by atoms with E-state index in [4.69, 9.17) is 11.6 Å². The Morgan fingerprint density at radius 2 is 2.14 bits per heavy atom. The van der Waals surface area contributed by atoms with Crippen LogP contribution in [0.25, 0.3) is 0 Å². The molecule has 2 nitrogen and oxygen atoms in total. The van der Waals surface area contributed by atoms with Crippen LogP contribution in [-0.2, 0) is 4.79 Å². The lowest BCUT2D eigenvalue weighted by atomic mass is 10.1. The second-order valence-corrected chi connectivity index (χ2v) is 3.68. The Kier molecular flexibility index (Phi) is 3.64. The molecular weight excluding hydrogens is 219 g/mol. The summed E-state index contributed by atoms with van der Waals surface area (Å²) in [6, 6.07) is 0. The molecule has 14 heavy (non-hydrogen) atoms. The minimum atomic E-state index is -4.18. The average molecular weight is 230 g/mol. The molecule has 1 heterocycles. The van der Waals surface area contributed by atoms with Crippen LogP contribution in [0.1, 0.15) is 12.8 Å². The molecule has 0 aromatic carbocycles. The standard InChI is InChI=1S/C8H11ClF3NO/c9-3-1-7(14)13-4-2-6(5-13)8(10,11)12/h6H,1-5H2/t6-/m0/s1. The highest BCUT2D eigenvalue weighted by molar-refractivity contribution is 6.18. The van der Waals surface area contributed by atoms with Gasteiger partial charge in [-0.2, -0.15) is 13.2 Å². The van der Waals surface area contributed by atoms with Gasteiger partial charge in [-0.05, 0) is 6.42 Å². The highest BCUT2D eigenvalue weighted by Crippen LogP contribution is 2.33. The molecule has 1 atom stereocenters. The van der Waals surface area contributed by atoms with E-state index in [0.717, 1.165) is 0 Å². The monoisotopic (exact) mass is 229 g/mol. The van der Waals surface area contributed by atoms with Gasteiger partial charge in [0.05, 0.1) is 5.92 Å². The van der Waals surface area contributed by atoms with Gasteiger partial charge in [0.15, 0.2) is 0 Å². The molecule has 1 fully saturated rings. The number of amides is 1. The van der Waals surface area contributed by atoms with Crippen molar-refractivity contribution in [3.05, 3.63) is 0 Å². The molecule has 0 N–H and O–H groups in total. The molecular formula is C8H11ClF3NO. The normalized spacial score (nSPS) is 22.9. The lowest BCUT2D eigenvalue weighted by molar-refractivity contribution is -0.171. The summed E-state index contributed by atoms with van der Waals surface area (Å²) in [6.45, 7) is -0.0148. The molecule has 0 bridgehead atoms. The fourth-order valence-corrected chi connectivity index (χ4v) is 1.65. The van der Waals surface area contributed by atoms with Gasteiger partial charge in [0.1, 0.15) is 0 Å². The summed E-state index contributed by atoms with van der Waals surface area (Å²) in [5.41, 5.74) is 0. The van der Waals surface area contributed by atoms with Crippen LogP contribution in [0.2, 0.25) is 0 Å². The van der Waals surface area contributed by atoms with Gasteiger partial charge in [-0.15, -0.1) is 11.6 Å². The SMILES string of the molecule is O=C(CCCl)N1CC[C@H](C(F)(F)F)C1. The molecule has 1 aliphatic heterocycles. The van der Waals surface area contributed by atoms with E-state index in [-0.39, 0.29) is 37.7 Å².